The van der Waals surface area contributed by atoms with E-state index in [2.05, 4.69) is 14.8 Å². The first kappa shape index (κ1) is 17.9. The quantitative estimate of drug-likeness (QED) is 0.515. The SMILES string of the molecule is Clc1ccc(CSc2nnc(-c3ccco3)n2CC2CCCO2)cc1Cl. The maximum absolute atomic E-state index is 6.11. The number of aromatic nitrogens is 3. The lowest BCUT2D eigenvalue weighted by atomic mass is 10.2. The van der Waals surface area contributed by atoms with Gasteiger partial charge in [-0.25, -0.2) is 0 Å². The normalized spacial score (nSPS) is 17.1. The third kappa shape index (κ3) is 3.93. The van der Waals surface area contributed by atoms with Crippen LogP contribution in [-0.4, -0.2) is 27.5 Å². The van der Waals surface area contributed by atoms with E-state index in [1.54, 1.807) is 18.0 Å². The number of furan rings is 1. The number of thioether (sulfide) groups is 1. The van der Waals surface area contributed by atoms with Crippen LogP contribution in [0.4, 0.5) is 0 Å². The Balaban J connectivity index is 1.57. The smallest absolute Gasteiger partial charge is 0.200 e. The second kappa shape index (κ2) is 8.05. The summed E-state index contributed by atoms with van der Waals surface area (Å²) in [6.45, 7) is 1.53. The van der Waals surface area contributed by atoms with Gasteiger partial charge in [0.05, 0.1) is 29.0 Å². The summed E-state index contributed by atoms with van der Waals surface area (Å²) in [4.78, 5) is 0. The zero-order chi connectivity index (χ0) is 17.9. The van der Waals surface area contributed by atoms with Crippen molar-refractivity contribution in [1.82, 2.24) is 14.8 Å². The summed E-state index contributed by atoms with van der Waals surface area (Å²) >= 11 is 13.7. The minimum absolute atomic E-state index is 0.184. The van der Waals surface area contributed by atoms with Crippen LogP contribution in [0.3, 0.4) is 0 Å². The molecule has 136 valence electrons. The van der Waals surface area contributed by atoms with Crippen molar-refractivity contribution in [1.29, 1.82) is 0 Å². The monoisotopic (exact) mass is 409 g/mol. The van der Waals surface area contributed by atoms with Crippen LogP contribution >= 0.6 is 35.0 Å². The highest BCUT2D eigenvalue weighted by molar-refractivity contribution is 7.98. The van der Waals surface area contributed by atoms with Crippen LogP contribution in [0.1, 0.15) is 18.4 Å². The maximum Gasteiger partial charge on any atom is 0.200 e. The van der Waals surface area contributed by atoms with Gasteiger partial charge >= 0.3 is 0 Å². The minimum atomic E-state index is 0.184. The fourth-order valence-corrected chi connectivity index (χ4v) is 4.13. The summed E-state index contributed by atoms with van der Waals surface area (Å²) in [5.41, 5.74) is 1.08. The lowest BCUT2D eigenvalue weighted by Gasteiger charge is -2.14. The molecule has 0 saturated carbocycles. The molecule has 3 aromatic rings. The first-order valence-electron chi connectivity index (χ1n) is 8.36. The summed E-state index contributed by atoms with van der Waals surface area (Å²) in [6.07, 6.45) is 3.97. The first-order valence-corrected chi connectivity index (χ1v) is 10.1. The molecule has 1 unspecified atom stereocenters. The average molecular weight is 410 g/mol. The maximum atomic E-state index is 6.11. The first-order chi connectivity index (χ1) is 12.7. The third-order valence-corrected chi connectivity index (χ3v) is 6.00. The number of halogens is 2. The van der Waals surface area contributed by atoms with Crippen LogP contribution < -0.4 is 0 Å². The van der Waals surface area contributed by atoms with Crippen molar-refractivity contribution in [2.45, 2.75) is 36.4 Å². The Morgan fingerprint density at radius 2 is 2.12 bits per heavy atom. The van der Waals surface area contributed by atoms with Gasteiger partial charge in [0.25, 0.3) is 0 Å². The average Bonchev–Trinajstić information content (AvgIpc) is 3.38. The molecule has 1 saturated heterocycles. The summed E-state index contributed by atoms with van der Waals surface area (Å²) < 4.78 is 13.4. The Morgan fingerprint density at radius 3 is 2.85 bits per heavy atom. The molecular weight excluding hydrogens is 393 g/mol. The van der Waals surface area contributed by atoms with E-state index in [-0.39, 0.29) is 6.10 Å². The van der Waals surface area contributed by atoms with Crippen molar-refractivity contribution < 1.29 is 9.15 Å². The molecule has 8 heteroatoms. The Hall–Kier alpha value is -1.47. The van der Waals surface area contributed by atoms with Gasteiger partial charge in [0.1, 0.15) is 0 Å². The Labute approximate surface area is 165 Å². The molecule has 4 rings (SSSR count). The molecule has 1 atom stereocenters. The molecule has 3 heterocycles. The Kier molecular flexibility index (Phi) is 5.55. The van der Waals surface area contributed by atoms with Gasteiger partial charge in [-0.05, 0) is 42.7 Å². The molecule has 5 nitrogen and oxygen atoms in total. The van der Waals surface area contributed by atoms with Crippen LogP contribution in [0, 0.1) is 0 Å². The summed E-state index contributed by atoms with van der Waals surface area (Å²) in [5.74, 6) is 2.15. The molecule has 0 bridgehead atoms. The van der Waals surface area contributed by atoms with Gasteiger partial charge in [0.15, 0.2) is 10.9 Å². The molecule has 1 aliphatic heterocycles. The summed E-state index contributed by atoms with van der Waals surface area (Å²) in [7, 11) is 0. The molecular formula is C18H17Cl2N3O2S. The highest BCUT2D eigenvalue weighted by Crippen LogP contribution is 2.30. The second-order valence-electron chi connectivity index (χ2n) is 6.07. The van der Waals surface area contributed by atoms with Crippen molar-refractivity contribution in [3.63, 3.8) is 0 Å². The Morgan fingerprint density at radius 1 is 1.19 bits per heavy atom. The van der Waals surface area contributed by atoms with Crippen molar-refractivity contribution >= 4 is 35.0 Å². The van der Waals surface area contributed by atoms with Gasteiger partial charge < -0.3 is 9.15 Å². The summed E-state index contributed by atoms with van der Waals surface area (Å²) in [5, 5.41) is 10.7. The van der Waals surface area contributed by atoms with Crippen molar-refractivity contribution in [3.8, 4) is 11.6 Å². The number of rotatable bonds is 6. The predicted octanol–water partition coefficient (Wildman–Crippen LogP) is 5.32. The largest absolute Gasteiger partial charge is 0.461 e. The molecule has 1 fully saturated rings. The van der Waals surface area contributed by atoms with E-state index in [1.165, 1.54) is 0 Å². The topological polar surface area (TPSA) is 53.1 Å². The lowest BCUT2D eigenvalue weighted by molar-refractivity contribution is 0.0952. The standard InChI is InChI=1S/C18H17Cl2N3O2S/c19-14-6-5-12(9-15(14)20)11-26-18-22-21-17(16-4-2-8-25-16)23(18)10-13-3-1-7-24-13/h2,4-6,8-9,13H,1,3,7,10-11H2. The number of hydrogen-bond acceptors (Lipinski definition) is 5. The molecule has 26 heavy (non-hydrogen) atoms. The second-order valence-corrected chi connectivity index (χ2v) is 7.82. The van der Waals surface area contributed by atoms with Crippen LogP contribution in [0.5, 0.6) is 0 Å². The zero-order valence-corrected chi connectivity index (χ0v) is 16.2. The van der Waals surface area contributed by atoms with E-state index in [4.69, 9.17) is 32.4 Å². The van der Waals surface area contributed by atoms with Crippen LogP contribution in [0.2, 0.25) is 10.0 Å². The number of ether oxygens (including phenoxy) is 1. The number of hydrogen-bond donors (Lipinski definition) is 0. The van der Waals surface area contributed by atoms with Crippen LogP contribution in [0.25, 0.3) is 11.6 Å². The number of benzene rings is 1. The van der Waals surface area contributed by atoms with Crippen LogP contribution in [-0.2, 0) is 17.0 Å². The van der Waals surface area contributed by atoms with Gasteiger partial charge in [-0.15, -0.1) is 10.2 Å². The third-order valence-electron chi connectivity index (χ3n) is 4.22. The van der Waals surface area contributed by atoms with Gasteiger partial charge in [-0.3, -0.25) is 4.57 Å². The molecule has 0 radical (unpaired) electrons. The van der Waals surface area contributed by atoms with E-state index >= 15 is 0 Å². The van der Waals surface area contributed by atoms with E-state index in [1.807, 2.05) is 30.3 Å². The Bertz CT molecular complexity index is 877. The van der Waals surface area contributed by atoms with E-state index in [9.17, 15) is 0 Å². The predicted molar refractivity (Wildman–Crippen MR) is 103 cm³/mol. The van der Waals surface area contributed by atoms with Crippen molar-refractivity contribution in [3.05, 3.63) is 52.2 Å². The highest BCUT2D eigenvalue weighted by atomic mass is 35.5. The minimum Gasteiger partial charge on any atom is -0.461 e. The van der Waals surface area contributed by atoms with Crippen molar-refractivity contribution in [2.75, 3.05) is 6.61 Å². The van der Waals surface area contributed by atoms with E-state index < -0.39 is 0 Å². The molecule has 0 aliphatic carbocycles. The highest BCUT2D eigenvalue weighted by Gasteiger charge is 2.22. The van der Waals surface area contributed by atoms with Gasteiger partial charge in [-0.2, -0.15) is 0 Å². The number of nitrogens with zero attached hydrogens (tertiary/aromatic N) is 3. The fraction of sp³-hybridized carbons (Fsp3) is 0.333. The summed E-state index contributed by atoms with van der Waals surface area (Å²) in [6, 6.07) is 9.40. The van der Waals surface area contributed by atoms with E-state index in [0.29, 0.717) is 22.4 Å². The molecule has 1 aromatic carbocycles. The van der Waals surface area contributed by atoms with Crippen molar-refractivity contribution in [2.24, 2.45) is 0 Å². The molecule has 1 aliphatic rings. The fourth-order valence-electron chi connectivity index (χ4n) is 2.92. The molecule has 0 N–H and O–H groups in total. The lowest BCUT2D eigenvalue weighted by Crippen LogP contribution is -2.16. The van der Waals surface area contributed by atoms with Gasteiger partial charge in [-0.1, -0.05) is 41.0 Å². The molecule has 0 amide bonds. The molecule has 2 aromatic heterocycles. The zero-order valence-electron chi connectivity index (χ0n) is 13.9. The van der Waals surface area contributed by atoms with Crippen LogP contribution in [0.15, 0.2) is 46.2 Å². The molecule has 0 spiro atoms. The van der Waals surface area contributed by atoms with Gasteiger partial charge in [0, 0.05) is 12.4 Å². The van der Waals surface area contributed by atoms with E-state index in [0.717, 1.165) is 41.7 Å². The van der Waals surface area contributed by atoms with Gasteiger partial charge in [0.2, 0.25) is 5.82 Å².